The minimum Gasteiger partial charge on any atom is -0.350 e. The number of carbonyl (C=O) groups excluding carboxylic acids is 1. The molecule has 122 valence electrons. The van der Waals surface area contributed by atoms with Crippen molar-refractivity contribution < 1.29 is 4.79 Å². The zero-order valence-corrected chi connectivity index (χ0v) is 13.8. The van der Waals surface area contributed by atoms with Crippen molar-refractivity contribution >= 4 is 17.5 Å². The van der Waals surface area contributed by atoms with Crippen molar-refractivity contribution in [2.45, 2.75) is 13.0 Å². The Morgan fingerprint density at radius 1 is 1.08 bits per heavy atom. The summed E-state index contributed by atoms with van der Waals surface area (Å²) in [4.78, 5) is 12.1. The summed E-state index contributed by atoms with van der Waals surface area (Å²) in [7, 11) is 0. The second kappa shape index (κ2) is 7.75. The zero-order chi connectivity index (χ0) is 16.8. The van der Waals surface area contributed by atoms with E-state index in [0.29, 0.717) is 30.2 Å². The zero-order valence-electron chi connectivity index (χ0n) is 13.0. The van der Waals surface area contributed by atoms with E-state index in [1.54, 1.807) is 10.9 Å². The monoisotopic (exact) mass is 340 g/mol. The van der Waals surface area contributed by atoms with E-state index in [2.05, 4.69) is 15.6 Å². The third-order valence-electron chi connectivity index (χ3n) is 3.55. The number of halogens is 1. The van der Waals surface area contributed by atoms with Gasteiger partial charge >= 0.3 is 0 Å². The van der Waals surface area contributed by atoms with Crippen LogP contribution < -0.4 is 5.32 Å². The summed E-state index contributed by atoms with van der Waals surface area (Å²) in [5.41, 5.74) is 2.50. The first-order valence-corrected chi connectivity index (χ1v) is 8.05. The SMILES string of the molecule is O=C(NCCc1cccc(Cl)c1)c1cn(Cc2ccccc2)nn1. The summed E-state index contributed by atoms with van der Waals surface area (Å²) in [5.74, 6) is -0.226. The van der Waals surface area contributed by atoms with Crippen LogP contribution in [-0.2, 0) is 13.0 Å². The Morgan fingerprint density at radius 3 is 2.67 bits per heavy atom. The summed E-state index contributed by atoms with van der Waals surface area (Å²) < 4.78 is 1.65. The quantitative estimate of drug-likeness (QED) is 0.750. The van der Waals surface area contributed by atoms with E-state index in [-0.39, 0.29) is 5.91 Å². The molecular formula is C18H17ClN4O. The number of hydrogen-bond acceptors (Lipinski definition) is 3. The van der Waals surface area contributed by atoms with Crippen LogP contribution in [0.4, 0.5) is 0 Å². The molecule has 5 nitrogen and oxygen atoms in total. The van der Waals surface area contributed by atoms with E-state index in [0.717, 1.165) is 11.1 Å². The fourth-order valence-electron chi connectivity index (χ4n) is 2.35. The average Bonchev–Trinajstić information content (AvgIpc) is 3.04. The second-order valence-electron chi connectivity index (χ2n) is 5.42. The summed E-state index contributed by atoms with van der Waals surface area (Å²) in [6.45, 7) is 1.11. The third kappa shape index (κ3) is 4.43. The van der Waals surface area contributed by atoms with Crippen LogP contribution in [0, 0.1) is 0 Å². The Kier molecular flexibility index (Phi) is 5.23. The first kappa shape index (κ1) is 16.2. The highest BCUT2D eigenvalue weighted by atomic mass is 35.5. The van der Waals surface area contributed by atoms with Crippen LogP contribution in [-0.4, -0.2) is 27.4 Å². The summed E-state index contributed by atoms with van der Waals surface area (Å²) in [5, 5.41) is 11.5. The Morgan fingerprint density at radius 2 is 1.88 bits per heavy atom. The van der Waals surface area contributed by atoms with Gasteiger partial charge in [0, 0.05) is 11.6 Å². The number of amides is 1. The molecule has 1 amide bonds. The normalized spacial score (nSPS) is 10.5. The molecule has 0 fully saturated rings. The molecule has 0 bridgehead atoms. The molecule has 24 heavy (non-hydrogen) atoms. The van der Waals surface area contributed by atoms with Crippen molar-refractivity contribution in [1.82, 2.24) is 20.3 Å². The molecule has 1 aromatic heterocycles. The maximum atomic E-state index is 12.1. The van der Waals surface area contributed by atoms with Gasteiger partial charge in [0.1, 0.15) is 0 Å². The lowest BCUT2D eigenvalue weighted by atomic mass is 10.1. The van der Waals surface area contributed by atoms with Gasteiger partial charge < -0.3 is 5.32 Å². The van der Waals surface area contributed by atoms with Crippen molar-refractivity contribution in [3.63, 3.8) is 0 Å². The van der Waals surface area contributed by atoms with Gasteiger partial charge in [0.25, 0.3) is 5.91 Å². The summed E-state index contributed by atoms with van der Waals surface area (Å²) in [6.07, 6.45) is 2.37. The molecule has 0 aliphatic carbocycles. The molecular weight excluding hydrogens is 324 g/mol. The Hall–Kier alpha value is -2.66. The molecule has 2 aromatic carbocycles. The smallest absolute Gasteiger partial charge is 0.273 e. The highest BCUT2D eigenvalue weighted by Crippen LogP contribution is 2.10. The molecule has 0 saturated heterocycles. The first-order valence-electron chi connectivity index (χ1n) is 7.67. The number of rotatable bonds is 6. The topological polar surface area (TPSA) is 59.8 Å². The number of carbonyl (C=O) groups is 1. The van der Waals surface area contributed by atoms with E-state index >= 15 is 0 Å². The molecule has 1 N–H and O–H groups in total. The molecule has 0 aliphatic heterocycles. The maximum Gasteiger partial charge on any atom is 0.273 e. The molecule has 0 spiro atoms. The largest absolute Gasteiger partial charge is 0.350 e. The minimum absolute atomic E-state index is 0.226. The van der Waals surface area contributed by atoms with Gasteiger partial charge in [-0.2, -0.15) is 0 Å². The molecule has 0 atom stereocenters. The molecule has 3 aromatic rings. The standard InChI is InChI=1S/C18H17ClN4O/c19-16-8-4-7-14(11-16)9-10-20-18(24)17-13-23(22-21-17)12-15-5-2-1-3-6-15/h1-8,11,13H,9-10,12H2,(H,20,24). The summed E-state index contributed by atoms with van der Waals surface area (Å²) in [6, 6.07) is 17.5. The first-order chi connectivity index (χ1) is 11.7. The molecule has 0 aliphatic rings. The van der Waals surface area contributed by atoms with Crippen LogP contribution in [0.3, 0.4) is 0 Å². The van der Waals surface area contributed by atoms with Crippen molar-refractivity contribution in [3.8, 4) is 0 Å². The van der Waals surface area contributed by atoms with Crippen molar-refractivity contribution in [1.29, 1.82) is 0 Å². The molecule has 6 heteroatoms. The molecule has 0 radical (unpaired) electrons. The van der Waals surface area contributed by atoms with Gasteiger partial charge in [-0.25, -0.2) is 4.68 Å². The van der Waals surface area contributed by atoms with Gasteiger partial charge in [-0.3, -0.25) is 4.79 Å². The highest BCUT2D eigenvalue weighted by molar-refractivity contribution is 6.30. The Balaban J connectivity index is 1.52. The van der Waals surface area contributed by atoms with Gasteiger partial charge in [-0.05, 0) is 29.7 Å². The Bertz CT molecular complexity index is 817. The van der Waals surface area contributed by atoms with E-state index in [4.69, 9.17) is 11.6 Å². The highest BCUT2D eigenvalue weighted by Gasteiger charge is 2.10. The number of aromatic nitrogens is 3. The Labute approximate surface area is 145 Å². The van der Waals surface area contributed by atoms with Gasteiger partial charge in [0.2, 0.25) is 0 Å². The van der Waals surface area contributed by atoms with Crippen LogP contribution in [0.1, 0.15) is 21.6 Å². The lowest BCUT2D eigenvalue weighted by molar-refractivity contribution is 0.0949. The van der Waals surface area contributed by atoms with E-state index in [9.17, 15) is 4.79 Å². The maximum absolute atomic E-state index is 12.1. The minimum atomic E-state index is -0.226. The van der Waals surface area contributed by atoms with Crippen LogP contribution >= 0.6 is 11.6 Å². The van der Waals surface area contributed by atoms with Crippen LogP contribution in [0.15, 0.2) is 60.8 Å². The van der Waals surface area contributed by atoms with Crippen molar-refractivity contribution in [2.75, 3.05) is 6.54 Å². The lowest BCUT2D eigenvalue weighted by Crippen LogP contribution is -2.26. The van der Waals surface area contributed by atoms with Gasteiger partial charge in [-0.1, -0.05) is 59.3 Å². The van der Waals surface area contributed by atoms with Gasteiger partial charge in [0.15, 0.2) is 5.69 Å². The van der Waals surface area contributed by atoms with E-state index in [1.807, 2.05) is 54.6 Å². The van der Waals surface area contributed by atoms with Crippen molar-refractivity contribution in [3.05, 3.63) is 82.6 Å². The lowest BCUT2D eigenvalue weighted by Gasteiger charge is -2.03. The third-order valence-corrected chi connectivity index (χ3v) is 3.78. The van der Waals surface area contributed by atoms with E-state index in [1.165, 1.54) is 0 Å². The fourth-order valence-corrected chi connectivity index (χ4v) is 2.57. The van der Waals surface area contributed by atoms with Crippen molar-refractivity contribution in [2.24, 2.45) is 0 Å². The van der Waals surface area contributed by atoms with E-state index < -0.39 is 0 Å². The predicted molar refractivity (Wildman–Crippen MR) is 93.1 cm³/mol. The van der Waals surface area contributed by atoms with Crippen LogP contribution in [0.25, 0.3) is 0 Å². The second-order valence-corrected chi connectivity index (χ2v) is 5.86. The molecule has 1 heterocycles. The predicted octanol–water partition coefficient (Wildman–Crippen LogP) is 2.95. The summed E-state index contributed by atoms with van der Waals surface area (Å²) >= 11 is 5.94. The number of nitrogens with zero attached hydrogens (tertiary/aromatic N) is 3. The number of benzene rings is 2. The van der Waals surface area contributed by atoms with Crippen LogP contribution in [0.5, 0.6) is 0 Å². The number of nitrogens with one attached hydrogen (secondary N) is 1. The van der Waals surface area contributed by atoms with Gasteiger partial charge in [-0.15, -0.1) is 5.10 Å². The van der Waals surface area contributed by atoms with Gasteiger partial charge in [0.05, 0.1) is 12.7 Å². The molecule has 0 saturated carbocycles. The van der Waals surface area contributed by atoms with Crippen LogP contribution in [0.2, 0.25) is 5.02 Å². The number of hydrogen-bond donors (Lipinski definition) is 1. The fraction of sp³-hybridized carbons (Fsp3) is 0.167. The molecule has 0 unspecified atom stereocenters. The molecule has 3 rings (SSSR count). The average molecular weight is 341 g/mol.